The first kappa shape index (κ1) is 21.5. The molecule has 32 heavy (non-hydrogen) atoms. The number of nitrogens with one attached hydrogen (secondary N) is 1. The molecule has 164 valence electrons. The molecule has 0 radical (unpaired) electrons. The fourth-order valence-electron chi connectivity index (χ4n) is 3.21. The quantitative estimate of drug-likeness (QED) is 0.428. The van der Waals surface area contributed by atoms with Gasteiger partial charge in [0.25, 0.3) is 5.91 Å². The highest BCUT2D eigenvalue weighted by molar-refractivity contribution is 7.89. The van der Waals surface area contributed by atoms with Crippen molar-refractivity contribution in [2.24, 2.45) is 5.14 Å². The van der Waals surface area contributed by atoms with Gasteiger partial charge in [0, 0.05) is 24.5 Å². The fraction of sp³-hybridized carbons (Fsp3) is 0.130. The van der Waals surface area contributed by atoms with Crippen LogP contribution < -0.4 is 15.2 Å². The number of carbonyl (C=O) groups is 1. The summed E-state index contributed by atoms with van der Waals surface area (Å²) in [5.74, 6) is 0.359. The Labute approximate surface area is 185 Å². The predicted octanol–water partition coefficient (Wildman–Crippen LogP) is 2.53. The molecule has 0 aliphatic rings. The molecular formula is C23H22N4O4S. The number of imidazole rings is 1. The Morgan fingerprint density at radius 1 is 1.06 bits per heavy atom. The highest BCUT2D eigenvalue weighted by Crippen LogP contribution is 2.16. The molecule has 0 aliphatic carbocycles. The molecule has 4 rings (SSSR count). The number of amides is 1. The monoisotopic (exact) mass is 450 g/mol. The predicted molar refractivity (Wildman–Crippen MR) is 120 cm³/mol. The third-order valence-electron chi connectivity index (χ3n) is 4.85. The summed E-state index contributed by atoms with van der Waals surface area (Å²) in [6, 6.07) is 19.0. The lowest BCUT2D eigenvalue weighted by atomic mass is 10.1. The SMILES string of the molecule is NS(=O)(=O)c1ccc(CCNC(=O)c2cccc(OCc3cn4ccccc4n3)c2)cc1. The third kappa shape index (κ3) is 5.32. The first-order valence-corrected chi connectivity index (χ1v) is 11.5. The zero-order valence-corrected chi connectivity index (χ0v) is 18.0. The van der Waals surface area contributed by atoms with Crippen molar-refractivity contribution in [3.8, 4) is 5.75 Å². The Kier molecular flexibility index (Phi) is 6.20. The van der Waals surface area contributed by atoms with Crippen LogP contribution in [0.3, 0.4) is 0 Å². The normalized spacial score (nSPS) is 11.4. The maximum Gasteiger partial charge on any atom is 0.251 e. The van der Waals surface area contributed by atoms with E-state index in [9.17, 15) is 13.2 Å². The second kappa shape index (κ2) is 9.21. The zero-order valence-electron chi connectivity index (χ0n) is 17.1. The van der Waals surface area contributed by atoms with E-state index in [-0.39, 0.29) is 10.8 Å². The summed E-state index contributed by atoms with van der Waals surface area (Å²) in [5.41, 5.74) is 3.02. The molecule has 0 aliphatic heterocycles. The van der Waals surface area contributed by atoms with Gasteiger partial charge in [-0.2, -0.15) is 0 Å². The molecule has 2 aromatic carbocycles. The average Bonchev–Trinajstić information content (AvgIpc) is 3.21. The van der Waals surface area contributed by atoms with E-state index in [1.54, 1.807) is 36.4 Å². The minimum Gasteiger partial charge on any atom is -0.487 e. The number of rotatable bonds is 8. The van der Waals surface area contributed by atoms with Gasteiger partial charge in [0.1, 0.15) is 18.0 Å². The molecule has 2 aromatic heterocycles. The highest BCUT2D eigenvalue weighted by Gasteiger charge is 2.09. The van der Waals surface area contributed by atoms with Gasteiger partial charge >= 0.3 is 0 Å². The molecule has 0 fully saturated rings. The van der Waals surface area contributed by atoms with Gasteiger partial charge in [-0.15, -0.1) is 0 Å². The Morgan fingerprint density at radius 2 is 1.88 bits per heavy atom. The minimum absolute atomic E-state index is 0.0609. The van der Waals surface area contributed by atoms with Crippen molar-refractivity contribution < 1.29 is 17.9 Å². The molecule has 1 amide bonds. The number of primary sulfonamides is 1. The second-order valence-electron chi connectivity index (χ2n) is 7.21. The van der Waals surface area contributed by atoms with E-state index in [0.717, 1.165) is 16.9 Å². The highest BCUT2D eigenvalue weighted by atomic mass is 32.2. The minimum atomic E-state index is -3.71. The number of pyridine rings is 1. The number of ether oxygens (including phenoxy) is 1. The van der Waals surface area contributed by atoms with Crippen molar-refractivity contribution in [3.05, 3.63) is 95.9 Å². The van der Waals surface area contributed by atoms with Gasteiger partial charge in [-0.3, -0.25) is 4.79 Å². The molecule has 9 heteroatoms. The van der Waals surface area contributed by atoms with Crippen molar-refractivity contribution in [2.45, 2.75) is 17.9 Å². The van der Waals surface area contributed by atoms with Crippen LogP contribution in [-0.4, -0.2) is 30.3 Å². The Hall–Kier alpha value is -3.69. The number of hydrogen-bond acceptors (Lipinski definition) is 5. The van der Waals surface area contributed by atoms with Crippen LogP contribution in [0.4, 0.5) is 0 Å². The van der Waals surface area contributed by atoms with Crippen LogP contribution >= 0.6 is 0 Å². The number of hydrogen-bond donors (Lipinski definition) is 2. The maximum absolute atomic E-state index is 12.5. The van der Waals surface area contributed by atoms with Gasteiger partial charge in [-0.1, -0.05) is 24.3 Å². The Bertz CT molecular complexity index is 1310. The van der Waals surface area contributed by atoms with E-state index in [1.165, 1.54) is 12.1 Å². The molecule has 0 spiro atoms. The maximum atomic E-state index is 12.5. The lowest BCUT2D eigenvalue weighted by Crippen LogP contribution is -2.25. The molecule has 0 bridgehead atoms. The first-order chi connectivity index (χ1) is 15.4. The molecule has 0 saturated carbocycles. The molecule has 2 heterocycles. The van der Waals surface area contributed by atoms with E-state index in [2.05, 4.69) is 10.3 Å². The number of fused-ring (bicyclic) bond motifs is 1. The molecule has 0 atom stereocenters. The van der Waals surface area contributed by atoms with Gasteiger partial charge in [-0.05, 0) is 54.4 Å². The molecule has 0 unspecified atom stereocenters. The molecule has 4 aromatic rings. The molecular weight excluding hydrogens is 428 g/mol. The van der Waals surface area contributed by atoms with Gasteiger partial charge in [-0.25, -0.2) is 18.5 Å². The number of aromatic nitrogens is 2. The van der Waals surface area contributed by atoms with Gasteiger partial charge < -0.3 is 14.5 Å². The Balaban J connectivity index is 1.30. The number of nitrogens with zero attached hydrogens (tertiary/aromatic N) is 2. The van der Waals surface area contributed by atoms with E-state index in [4.69, 9.17) is 9.88 Å². The van der Waals surface area contributed by atoms with Crippen LogP contribution in [0.25, 0.3) is 5.65 Å². The van der Waals surface area contributed by atoms with E-state index < -0.39 is 10.0 Å². The lowest BCUT2D eigenvalue weighted by molar-refractivity contribution is 0.0953. The fourth-order valence-corrected chi connectivity index (χ4v) is 3.72. The second-order valence-corrected chi connectivity index (χ2v) is 8.77. The van der Waals surface area contributed by atoms with Gasteiger partial charge in [0.15, 0.2) is 0 Å². The topological polar surface area (TPSA) is 116 Å². The largest absolute Gasteiger partial charge is 0.487 e. The standard InChI is InChI=1S/C23H22N4O4S/c24-32(29,30)21-9-7-17(8-10-21)11-12-25-23(28)18-4-3-5-20(14-18)31-16-19-15-27-13-2-1-6-22(27)26-19/h1-10,13-15H,11-12,16H2,(H,25,28)(H2,24,29,30). The van der Waals surface area contributed by atoms with E-state index in [0.29, 0.717) is 30.9 Å². The first-order valence-electron chi connectivity index (χ1n) is 9.94. The van der Waals surface area contributed by atoms with Crippen molar-refractivity contribution in [1.82, 2.24) is 14.7 Å². The summed E-state index contributed by atoms with van der Waals surface area (Å²) in [5, 5.41) is 7.95. The zero-order chi connectivity index (χ0) is 22.6. The van der Waals surface area contributed by atoms with Crippen molar-refractivity contribution in [3.63, 3.8) is 0 Å². The van der Waals surface area contributed by atoms with Crippen molar-refractivity contribution in [2.75, 3.05) is 6.54 Å². The van der Waals surface area contributed by atoms with Crippen LogP contribution in [-0.2, 0) is 23.1 Å². The summed E-state index contributed by atoms with van der Waals surface area (Å²) in [4.78, 5) is 17.0. The van der Waals surface area contributed by atoms with E-state index >= 15 is 0 Å². The van der Waals surface area contributed by atoms with Crippen LogP contribution in [0.1, 0.15) is 21.6 Å². The summed E-state index contributed by atoms with van der Waals surface area (Å²) >= 11 is 0. The van der Waals surface area contributed by atoms with Crippen LogP contribution in [0.2, 0.25) is 0 Å². The summed E-state index contributed by atoms with van der Waals surface area (Å²) in [7, 11) is -3.71. The molecule has 8 nitrogen and oxygen atoms in total. The van der Waals surface area contributed by atoms with Gasteiger partial charge in [0.05, 0.1) is 10.6 Å². The average molecular weight is 451 g/mol. The summed E-state index contributed by atoms with van der Waals surface area (Å²) in [6.45, 7) is 0.696. The number of nitrogens with two attached hydrogens (primary N) is 1. The lowest BCUT2D eigenvalue weighted by Gasteiger charge is -2.08. The van der Waals surface area contributed by atoms with Crippen molar-refractivity contribution in [1.29, 1.82) is 0 Å². The van der Waals surface area contributed by atoms with E-state index in [1.807, 2.05) is 35.0 Å². The molecule has 3 N–H and O–H groups in total. The van der Waals surface area contributed by atoms with Crippen LogP contribution in [0.5, 0.6) is 5.75 Å². The van der Waals surface area contributed by atoms with Crippen LogP contribution in [0.15, 0.2) is 84.0 Å². The Morgan fingerprint density at radius 3 is 2.62 bits per heavy atom. The smallest absolute Gasteiger partial charge is 0.251 e. The van der Waals surface area contributed by atoms with Crippen LogP contribution in [0, 0.1) is 0 Å². The van der Waals surface area contributed by atoms with Gasteiger partial charge in [0.2, 0.25) is 10.0 Å². The number of benzene rings is 2. The summed E-state index contributed by atoms with van der Waals surface area (Å²) < 4.78 is 30.3. The summed E-state index contributed by atoms with van der Waals surface area (Å²) in [6.07, 6.45) is 4.38. The third-order valence-corrected chi connectivity index (χ3v) is 5.78. The molecule has 0 saturated heterocycles. The number of carbonyl (C=O) groups excluding carboxylic acids is 1. The van der Waals surface area contributed by atoms with Crippen molar-refractivity contribution >= 4 is 21.6 Å². The number of sulfonamides is 1.